The van der Waals surface area contributed by atoms with E-state index in [-0.39, 0.29) is 42.6 Å². The van der Waals surface area contributed by atoms with Crippen LogP contribution in [0.15, 0.2) is 20.9 Å². The predicted octanol–water partition coefficient (Wildman–Crippen LogP) is 5.93. The van der Waals surface area contributed by atoms with Gasteiger partial charge >= 0.3 is 35.2 Å². The fraction of sp³-hybridized carbons (Fsp3) is 0.889. The van der Waals surface area contributed by atoms with E-state index in [0.717, 1.165) is 32.3 Å². The largest absolute Gasteiger partial charge is 1.00 e. The smallest absolute Gasteiger partial charge is 0.756 e. The van der Waals surface area contributed by atoms with Gasteiger partial charge in [0.1, 0.15) is 6.23 Å². The minimum absolute atomic E-state index is 0. The maximum atomic E-state index is 12.3. The Bertz CT molecular complexity index is 1260. The number of aromatic amines is 1. The number of unbranched alkanes of at least 4 members (excludes halogenated alkanes) is 18. The molecule has 1 N–H and O–H groups in total. The number of phosphoric acid groups is 1. The van der Waals surface area contributed by atoms with Gasteiger partial charge in [-0.3, -0.25) is 18.9 Å². The number of nitrogens with zero attached hydrogens (tertiary/aromatic N) is 4. The number of aromatic nitrogens is 2. The summed E-state index contributed by atoms with van der Waals surface area (Å²) in [7, 11) is -4.60. The summed E-state index contributed by atoms with van der Waals surface area (Å²) in [6.07, 6.45) is 25.7. The molecule has 0 spiro atoms. The number of aryl methyl sites for hydroxylation is 1. The van der Waals surface area contributed by atoms with Gasteiger partial charge < -0.3 is 23.4 Å². The molecule has 0 amide bonds. The van der Waals surface area contributed by atoms with Crippen LogP contribution in [0.25, 0.3) is 10.4 Å². The first-order chi connectivity index (χ1) is 24.2. The van der Waals surface area contributed by atoms with Crippen LogP contribution in [0.5, 0.6) is 0 Å². The van der Waals surface area contributed by atoms with Gasteiger partial charge in [-0.2, -0.15) is 0 Å². The first-order valence-corrected chi connectivity index (χ1v) is 20.9. The Morgan fingerprint density at radius 3 is 2.02 bits per heavy atom. The van der Waals surface area contributed by atoms with E-state index in [4.69, 9.17) is 24.1 Å². The first kappa shape index (κ1) is 48.0. The zero-order chi connectivity index (χ0) is 36.5. The summed E-state index contributed by atoms with van der Waals surface area (Å²) in [5.74, 6) is 0. The molecule has 0 radical (unpaired) electrons. The van der Waals surface area contributed by atoms with Crippen molar-refractivity contribution < 1.29 is 57.5 Å². The van der Waals surface area contributed by atoms with Crippen LogP contribution in [-0.4, -0.2) is 47.6 Å². The Labute approximate surface area is 327 Å². The van der Waals surface area contributed by atoms with Crippen LogP contribution in [0.2, 0.25) is 0 Å². The molecule has 1 fully saturated rings. The van der Waals surface area contributed by atoms with Gasteiger partial charge in [0.25, 0.3) is 13.4 Å². The number of ether oxygens (including phenoxy) is 2. The van der Waals surface area contributed by atoms with Gasteiger partial charge in [0.15, 0.2) is 0 Å². The molecule has 1 saturated heterocycles. The summed E-state index contributed by atoms with van der Waals surface area (Å²) in [5, 5.41) is 3.67. The molecule has 0 bridgehead atoms. The van der Waals surface area contributed by atoms with Crippen LogP contribution in [0.1, 0.15) is 167 Å². The quantitative estimate of drug-likeness (QED) is 0.0242. The maximum Gasteiger partial charge on any atom is 1.00 e. The van der Waals surface area contributed by atoms with Gasteiger partial charge in [-0.05, 0) is 38.6 Å². The van der Waals surface area contributed by atoms with Crippen LogP contribution >= 0.6 is 7.82 Å². The molecule has 0 saturated carbocycles. The fourth-order valence-corrected chi connectivity index (χ4v) is 7.06. The van der Waals surface area contributed by atoms with Crippen LogP contribution < -0.4 is 45.7 Å². The van der Waals surface area contributed by atoms with Crippen LogP contribution in [0.4, 0.5) is 0 Å². The Hall–Kier alpha value is -0.980. The Balaban J connectivity index is 0.0000130. The summed E-state index contributed by atoms with van der Waals surface area (Å²) in [5.41, 5.74) is 8.04. The fourth-order valence-electron chi connectivity index (χ4n) is 6.31. The van der Waals surface area contributed by atoms with Crippen molar-refractivity contribution >= 4 is 7.82 Å². The van der Waals surface area contributed by atoms with E-state index in [2.05, 4.69) is 28.9 Å². The standard InChI is InChI=1S/C36H66N5O8P.Na/c1-4-5-6-7-8-15-18-21-24-31(3)46-25-22-19-16-13-11-9-10-12-14-17-20-23-26-47-50(44,45)48-29-33-32(39-40-37)27-34(49-33)41-28-30(2)35(42)38-36(41)43;/h28,31-34H,4-27,29H2,1-3H3,(H,44,45)(H,38,42,43);/q;+1/p-1/t31?,32-,33+,34+;/m0./s1. The molecule has 51 heavy (non-hydrogen) atoms. The number of phosphoric ester groups is 1. The van der Waals surface area contributed by atoms with Crippen molar-refractivity contribution in [1.29, 1.82) is 0 Å². The van der Waals surface area contributed by atoms with Gasteiger partial charge in [-0.1, -0.05) is 128 Å². The molecule has 1 aromatic rings. The third-order valence-corrected chi connectivity index (χ3v) is 10.4. The van der Waals surface area contributed by atoms with Crippen molar-refractivity contribution in [3.63, 3.8) is 0 Å². The number of hydrogen-bond donors (Lipinski definition) is 1. The molecule has 0 aromatic carbocycles. The van der Waals surface area contributed by atoms with E-state index in [1.54, 1.807) is 6.92 Å². The molecular weight excluding hydrogens is 684 g/mol. The van der Waals surface area contributed by atoms with Crippen molar-refractivity contribution in [2.75, 3.05) is 19.8 Å². The Morgan fingerprint density at radius 2 is 1.45 bits per heavy atom. The van der Waals surface area contributed by atoms with Crippen molar-refractivity contribution in [1.82, 2.24) is 9.55 Å². The van der Waals surface area contributed by atoms with Gasteiger partial charge in [0, 0.05) is 29.7 Å². The molecule has 5 atom stereocenters. The predicted molar refractivity (Wildman–Crippen MR) is 195 cm³/mol. The average molecular weight is 750 g/mol. The number of nitrogens with one attached hydrogen (secondary N) is 1. The second-order valence-corrected chi connectivity index (χ2v) is 15.3. The second-order valence-electron chi connectivity index (χ2n) is 13.9. The first-order valence-electron chi connectivity index (χ1n) is 19.4. The van der Waals surface area contributed by atoms with Gasteiger partial charge in [0.05, 0.1) is 31.5 Å². The van der Waals surface area contributed by atoms with Crippen LogP contribution in [0, 0.1) is 6.92 Å². The number of azide groups is 1. The topological polar surface area (TPSA) is 181 Å². The molecular formula is C36H65N5NaO8P. The Morgan fingerprint density at radius 1 is 0.922 bits per heavy atom. The SMILES string of the molecule is CCCCCCCCCCC(C)OCCCCCCCCCCCCCCOP(=O)([O-])OC[C@H]1O[C@@H](n2cc(C)c(=O)[nH]c2=O)C[C@@H]1N=[N+]=[N-].[Na+]. The summed E-state index contributed by atoms with van der Waals surface area (Å²) < 4.78 is 35.3. The van der Waals surface area contributed by atoms with Crippen molar-refractivity contribution in [2.45, 2.75) is 187 Å². The molecule has 0 aliphatic carbocycles. The monoisotopic (exact) mass is 749 g/mol. The second kappa shape index (κ2) is 29.4. The third kappa shape index (κ3) is 22.1. The number of hydrogen-bond acceptors (Lipinski definition) is 9. The summed E-state index contributed by atoms with van der Waals surface area (Å²) in [6, 6.07) is -0.767. The molecule has 2 rings (SSSR count). The third-order valence-electron chi connectivity index (χ3n) is 9.41. The molecule has 13 nitrogen and oxygen atoms in total. The van der Waals surface area contributed by atoms with E-state index < -0.39 is 44.1 Å². The van der Waals surface area contributed by atoms with E-state index in [9.17, 15) is 19.0 Å². The van der Waals surface area contributed by atoms with Crippen LogP contribution in [-0.2, 0) is 23.1 Å². The van der Waals surface area contributed by atoms with Crippen molar-refractivity contribution in [3.8, 4) is 0 Å². The van der Waals surface area contributed by atoms with E-state index in [1.807, 2.05) is 0 Å². The molecule has 2 unspecified atom stereocenters. The molecule has 1 aliphatic rings. The van der Waals surface area contributed by atoms with Crippen molar-refractivity contribution in [3.05, 3.63) is 43.0 Å². The van der Waals surface area contributed by atoms with Crippen molar-refractivity contribution in [2.24, 2.45) is 5.11 Å². The molecule has 288 valence electrons. The minimum Gasteiger partial charge on any atom is -0.756 e. The zero-order valence-electron chi connectivity index (χ0n) is 32.1. The summed E-state index contributed by atoms with van der Waals surface area (Å²) in [6.45, 7) is 6.53. The van der Waals surface area contributed by atoms with Gasteiger partial charge in [-0.15, -0.1) is 0 Å². The van der Waals surface area contributed by atoms with E-state index >= 15 is 0 Å². The zero-order valence-corrected chi connectivity index (χ0v) is 35.0. The molecule has 1 aliphatic heterocycles. The van der Waals surface area contributed by atoms with Gasteiger partial charge in [-0.25, -0.2) is 4.79 Å². The summed E-state index contributed by atoms with van der Waals surface area (Å²) >= 11 is 0. The van der Waals surface area contributed by atoms with Gasteiger partial charge in [0.2, 0.25) is 0 Å². The average Bonchev–Trinajstić information content (AvgIpc) is 3.49. The number of rotatable bonds is 31. The number of H-pyrrole nitrogens is 1. The van der Waals surface area contributed by atoms with E-state index in [1.165, 1.54) is 113 Å². The molecule has 1 aromatic heterocycles. The van der Waals surface area contributed by atoms with Crippen LogP contribution in [0.3, 0.4) is 0 Å². The molecule has 15 heteroatoms. The maximum absolute atomic E-state index is 12.3. The Kier molecular flexibility index (Phi) is 27.7. The summed E-state index contributed by atoms with van der Waals surface area (Å²) in [4.78, 5) is 41.2. The van der Waals surface area contributed by atoms with E-state index in [0.29, 0.717) is 18.1 Å². The normalized spacial score (nSPS) is 18.9. The minimum atomic E-state index is -4.60. The molecule has 2 heterocycles.